The van der Waals surface area contributed by atoms with Gasteiger partial charge in [-0.3, -0.25) is 4.99 Å². The molecular formula is C12H13NO2S. The van der Waals surface area contributed by atoms with Crippen LogP contribution in [0.3, 0.4) is 0 Å². The summed E-state index contributed by atoms with van der Waals surface area (Å²) < 4.78 is 0. The Morgan fingerprint density at radius 3 is 2.69 bits per heavy atom. The summed E-state index contributed by atoms with van der Waals surface area (Å²) in [5.41, 5.74) is 0.751. The van der Waals surface area contributed by atoms with E-state index in [-0.39, 0.29) is 10.6 Å². The van der Waals surface area contributed by atoms with E-state index in [9.17, 15) is 4.79 Å². The first-order valence-electron chi connectivity index (χ1n) is 5.19. The summed E-state index contributed by atoms with van der Waals surface area (Å²) >= 11 is 1.33. The van der Waals surface area contributed by atoms with E-state index < -0.39 is 5.97 Å². The van der Waals surface area contributed by atoms with Crippen molar-refractivity contribution in [1.29, 1.82) is 0 Å². The summed E-state index contributed by atoms with van der Waals surface area (Å²) in [5, 5.41) is 9.16. The quantitative estimate of drug-likeness (QED) is 0.875. The number of benzene rings is 1. The molecule has 0 bridgehead atoms. The molecule has 0 fully saturated rings. The molecule has 1 aromatic rings. The fourth-order valence-corrected chi connectivity index (χ4v) is 3.01. The highest BCUT2D eigenvalue weighted by Crippen LogP contribution is 2.39. The van der Waals surface area contributed by atoms with Crippen molar-refractivity contribution in [1.82, 2.24) is 0 Å². The molecule has 1 heterocycles. The lowest BCUT2D eigenvalue weighted by atomic mass is 9.90. The number of hydrogen-bond donors (Lipinski definition) is 1. The second-order valence-electron chi connectivity index (χ2n) is 3.76. The zero-order chi connectivity index (χ0) is 11.6. The summed E-state index contributed by atoms with van der Waals surface area (Å²) in [4.78, 5) is 15.3. The van der Waals surface area contributed by atoms with E-state index in [2.05, 4.69) is 4.99 Å². The van der Waals surface area contributed by atoms with Crippen LogP contribution in [0.4, 0.5) is 0 Å². The van der Waals surface area contributed by atoms with Crippen molar-refractivity contribution >= 4 is 22.8 Å². The molecular weight excluding hydrogens is 222 g/mol. The Labute approximate surface area is 98.6 Å². The molecule has 16 heavy (non-hydrogen) atoms. The van der Waals surface area contributed by atoms with Crippen LogP contribution >= 0.6 is 11.8 Å². The number of carboxylic acid groups (broad SMARTS) is 1. The van der Waals surface area contributed by atoms with Crippen LogP contribution in [-0.2, 0) is 10.3 Å². The fourth-order valence-electron chi connectivity index (χ4n) is 1.84. The molecule has 1 atom stereocenters. The van der Waals surface area contributed by atoms with Crippen LogP contribution in [0, 0.1) is 0 Å². The topological polar surface area (TPSA) is 49.7 Å². The standard InChI is InChI=1S/C12H13NO2S/c1-2-12(9-6-4-3-5-7-9)8-16-10(13-12)11(14)15/h3-7H,2,8H2,1H3,(H,14,15). The highest BCUT2D eigenvalue weighted by atomic mass is 32.2. The number of nitrogens with zero attached hydrogens (tertiary/aromatic N) is 1. The molecule has 1 aliphatic heterocycles. The molecule has 0 amide bonds. The summed E-state index contributed by atoms with van der Waals surface area (Å²) in [6.45, 7) is 2.04. The molecule has 0 aromatic heterocycles. The lowest BCUT2D eigenvalue weighted by molar-refractivity contribution is -0.129. The highest BCUT2D eigenvalue weighted by molar-refractivity contribution is 8.16. The van der Waals surface area contributed by atoms with Crippen LogP contribution in [0.15, 0.2) is 35.3 Å². The maximum atomic E-state index is 10.9. The maximum absolute atomic E-state index is 10.9. The third kappa shape index (κ3) is 1.85. The molecule has 1 unspecified atom stereocenters. The maximum Gasteiger partial charge on any atom is 0.360 e. The second kappa shape index (κ2) is 4.29. The summed E-state index contributed by atoms with van der Waals surface area (Å²) in [6, 6.07) is 9.91. The van der Waals surface area contributed by atoms with Gasteiger partial charge in [-0.2, -0.15) is 0 Å². The number of carboxylic acids is 1. The molecule has 1 aliphatic rings. The van der Waals surface area contributed by atoms with E-state index in [1.165, 1.54) is 11.8 Å². The van der Waals surface area contributed by atoms with E-state index in [1.807, 2.05) is 37.3 Å². The van der Waals surface area contributed by atoms with Crippen molar-refractivity contribution in [2.24, 2.45) is 4.99 Å². The lowest BCUT2D eigenvalue weighted by Gasteiger charge is -2.23. The number of hydrogen-bond acceptors (Lipinski definition) is 3. The Morgan fingerprint density at radius 2 is 2.19 bits per heavy atom. The minimum Gasteiger partial charge on any atom is -0.476 e. The fraction of sp³-hybridized carbons (Fsp3) is 0.333. The molecule has 1 N–H and O–H groups in total. The van der Waals surface area contributed by atoms with Crippen LogP contribution in [0.25, 0.3) is 0 Å². The smallest absolute Gasteiger partial charge is 0.360 e. The zero-order valence-corrected chi connectivity index (χ0v) is 9.83. The first-order valence-corrected chi connectivity index (χ1v) is 6.18. The Bertz CT molecular complexity index is 430. The highest BCUT2D eigenvalue weighted by Gasteiger charge is 2.37. The third-order valence-corrected chi connectivity index (χ3v) is 4.00. The van der Waals surface area contributed by atoms with Gasteiger partial charge in [0.05, 0.1) is 5.54 Å². The molecule has 0 aliphatic carbocycles. The van der Waals surface area contributed by atoms with Crippen LogP contribution < -0.4 is 0 Å². The Balaban J connectivity index is 2.40. The van der Waals surface area contributed by atoms with Crippen LogP contribution in [0.1, 0.15) is 18.9 Å². The molecule has 0 radical (unpaired) electrons. The largest absolute Gasteiger partial charge is 0.476 e. The van der Waals surface area contributed by atoms with Gasteiger partial charge in [0.2, 0.25) is 0 Å². The van der Waals surface area contributed by atoms with Gasteiger partial charge in [-0.15, -0.1) is 0 Å². The first kappa shape index (κ1) is 11.2. The van der Waals surface area contributed by atoms with Gasteiger partial charge < -0.3 is 5.11 Å². The normalized spacial score (nSPS) is 24.2. The Hall–Kier alpha value is -1.29. The molecule has 0 spiro atoms. The second-order valence-corrected chi connectivity index (χ2v) is 4.73. The molecule has 0 saturated carbocycles. The Morgan fingerprint density at radius 1 is 1.50 bits per heavy atom. The van der Waals surface area contributed by atoms with Crippen LogP contribution in [-0.4, -0.2) is 21.9 Å². The molecule has 4 heteroatoms. The minimum absolute atomic E-state index is 0.228. The van der Waals surface area contributed by atoms with Crippen molar-refractivity contribution in [2.75, 3.05) is 5.75 Å². The minimum atomic E-state index is -0.920. The monoisotopic (exact) mass is 235 g/mol. The van der Waals surface area contributed by atoms with Crippen molar-refractivity contribution in [2.45, 2.75) is 18.9 Å². The molecule has 3 nitrogen and oxygen atoms in total. The predicted molar refractivity (Wildman–Crippen MR) is 65.9 cm³/mol. The van der Waals surface area contributed by atoms with Crippen LogP contribution in [0.2, 0.25) is 0 Å². The van der Waals surface area contributed by atoms with Crippen molar-refractivity contribution in [3.63, 3.8) is 0 Å². The van der Waals surface area contributed by atoms with Crippen LogP contribution in [0.5, 0.6) is 0 Å². The van der Waals surface area contributed by atoms with E-state index in [0.717, 1.165) is 17.7 Å². The summed E-state index contributed by atoms with van der Waals surface area (Å²) in [7, 11) is 0. The van der Waals surface area contributed by atoms with Gasteiger partial charge in [0, 0.05) is 5.75 Å². The van der Waals surface area contributed by atoms with Gasteiger partial charge in [-0.05, 0) is 12.0 Å². The lowest BCUT2D eigenvalue weighted by Crippen LogP contribution is -2.22. The third-order valence-electron chi connectivity index (χ3n) is 2.84. The number of aliphatic imine (C=N–C) groups is 1. The predicted octanol–water partition coefficient (Wildman–Crippen LogP) is 2.52. The van der Waals surface area contributed by atoms with Gasteiger partial charge >= 0.3 is 5.97 Å². The van der Waals surface area contributed by atoms with E-state index in [4.69, 9.17) is 5.11 Å². The van der Waals surface area contributed by atoms with Crippen molar-refractivity contribution in [3.05, 3.63) is 35.9 Å². The van der Waals surface area contributed by atoms with Gasteiger partial charge in [-0.1, -0.05) is 49.0 Å². The molecule has 84 valence electrons. The number of thioether (sulfide) groups is 1. The van der Waals surface area contributed by atoms with Gasteiger partial charge in [0.25, 0.3) is 0 Å². The van der Waals surface area contributed by atoms with Crippen molar-refractivity contribution in [3.8, 4) is 0 Å². The number of aliphatic carboxylic acids is 1. The van der Waals surface area contributed by atoms with Gasteiger partial charge in [0.1, 0.15) is 0 Å². The molecule has 2 rings (SSSR count). The first-order chi connectivity index (χ1) is 7.68. The van der Waals surface area contributed by atoms with E-state index in [1.54, 1.807) is 0 Å². The van der Waals surface area contributed by atoms with Gasteiger partial charge in [0.15, 0.2) is 5.04 Å². The molecule has 1 aromatic carbocycles. The van der Waals surface area contributed by atoms with Gasteiger partial charge in [-0.25, -0.2) is 4.79 Å². The summed E-state index contributed by atoms with van der Waals surface area (Å²) in [5.74, 6) is -0.203. The molecule has 0 saturated heterocycles. The van der Waals surface area contributed by atoms with Crippen molar-refractivity contribution < 1.29 is 9.90 Å². The number of carbonyl (C=O) groups is 1. The van der Waals surface area contributed by atoms with E-state index in [0.29, 0.717) is 0 Å². The number of rotatable bonds is 3. The average molecular weight is 235 g/mol. The Kier molecular flexibility index (Phi) is 3.01. The zero-order valence-electron chi connectivity index (χ0n) is 9.01. The SMILES string of the molecule is CCC1(c2ccccc2)CSC(C(=O)O)=N1. The van der Waals surface area contributed by atoms with E-state index >= 15 is 0 Å². The average Bonchev–Trinajstić information content (AvgIpc) is 2.76. The summed E-state index contributed by atoms with van der Waals surface area (Å²) in [6.07, 6.45) is 0.820.